The summed E-state index contributed by atoms with van der Waals surface area (Å²) in [7, 11) is 1.83. The topological polar surface area (TPSA) is 20.3 Å². The molecule has 0 aromatic heterocycles. The fraction of sp³-hybridized carbons (Fsp3) is 0.364. The summed E-state index contributed by atoms with van der Waals surface area (Å²) in [5, 5.41) is 0. The van der Waals surface area contributed by atoms with Crippen LogP contribution in [0.25, 0.3) is 17.2 Å². The molecule has 0 aliphatic heterocycles. The average molecular weight is 466 g/mol. The minimum absolute atomic E-state index is 0.0153. The monoisotopic (exact) mass is 465 g/mol. The second kappa shape index (κ2) is 11.5. The van der Waals surface area contributed by atoms with Crippen LogP contribution < -0.4 is 0 Å². The van der Waals surface area contributed by atoms with Crippen LogP contribution in [0.4, 0.5) is 0 Å². The normalized spacial score (nSPS) is 15.3. The molecule has 182 valence electrons. The number of hydrogen-bond acceptors (Lipinski definition) is 1. The molecule has 1 amide bonds. The number of fused-ring (bicyclic) bond motifs is 1. The molecular weight excluding hydrogens is 426 g/mol. The Morgan fingerprint density at radius 1 is 0.943 bits per heavy atom. The van der Waals surface area contributed by atoms with Gasteiger partial charge in [0.25, 0.3) is 0 Å². The van der Waals surface area contributed by atoms with E-state index in [0.717, 1.165) is 38.6 Å². The predicted molar refractivity (Wildman–Crippen MR) is 149 cm³/mol. The zero-order chi connectivity index (χ0) is 24.8. The van der Waals surface area contributed by atoms with Gasteiger partial charge >= 0.3 is 0 Å². The Morgan fingerprint density at radius 2 is 1.71 bits per heavy atom. The van der Waals surface area contributed by atoms with E-state index in [2.05, 4.69) is 75.0 Å². The highest BCUT2D eigenvalue weighted by atomic mass is 16.2. The molecule has 2 nitrogen and oxygen atoms in total. The SMILES string of the molecule is C=CC(=O)N(C)CCCc1ccc(-c2ccc3c(c2)CCC(C2=C(CC)C=C(CC)CC2)=C3)cc1. The van der Waals surface area contributed by atoms with Crippen LogP contribution in [0, 0.1) is 0 Å². The highest BCUT2D eigenvalue weighted by Gasteiger charge is 2.19. The van der Waals surface area contributed by atoms with Crippen LogP contribution in [-0.4, -0.2) is 24.4 Å². The van der Waals surface area contributed by atoms with Gasteiger partial charge in [-0.05, 0) is 102 Å². The first kappa shape index (κ1) is 25.0. The third-order valence-corrected chi connectivity index (χ3v) is 7.62. The molecule has 2 heteroatoms. The van der Waals surface area contributed by atoms with Crippen molar-refractivity contribution in [2.45, 2.75) is 65.2 Å². The van der Waals surface area contributed by atoms with Gasteiger partial charge in [0.2, 0.25) is 5.91 Å². The molecule has 0 bridgehead atoms. The number of carbonyl (C=O) groups excluding carboxylic acids is 1. The van der Waals surface area contributed by atoms with Gasteiger partial charge in [-0.25, -0.2) is 0 Å². The molecule has 0 radical (unpaired) electrons. The molecule has 2 aliphatic carbocycles. The van der Waals surface area contributed by atoms with E-state index in [9.17, 15) is 4.79 Å². The number of benzene rings is 2. The number of nitrogens with zero attached hydrogens (tertiary/aromatic N) is 1. The molecule has 0 spiro atoms. The van der Waals surface area contributed by atoms with E-state index < -0.39 is 0 Å². The van der Waals surface area contributed by atoms with Crippen molar-refractivity contribution in [3.63, 3.8) is 0 Å². The second-order valence-corrected chi connectivity index (χ2v) is 9.86. The third-order valence-electron chi connectivity index (χ3n) is 7.62. The fourth-order valence-electron chi connectivity index (χ4n) is 5.37. The van der Waals surface area contributed by atoms with Crippen molar-refractivity contribution in [3.05, 3.63) is 100 Å². The van der Waals surface area contributed by atoms with Gasteiger partial charge < -0.3 is 4.90 Å². The van der Waals surface area contributed by atoms with Crippen LogP contribution in [0.3, 0.4) is 0 Å². The average Bonchev–Trinajstić information content (AvgIpc) is 2.91. The van der Waals surface area contributed by atoms with Crippen LogP contribution in [-0.2, 0) is 17.6 Å². The Balaban J connectivity index is 1.45. The van der Waals surface area contributed by atoms with E-state index in [1.165, 1.54) is 53.2 Å². The summed E-state index contributed by atoms with van der Waals surface area (Å²) in [5.74, 6) is -0.0153. The minimum Gasteiger partial charge on any atom is -0.342 e. The molecule has 2 aliphatic rings. The largest absolute Gasteiger partial charge is 0.342 e. The quantitative estimate of drug-likeness (QED) is 0.343. The first-order valence-corrected chi connectivity index (χ1v) is 13.2. The summed E-state index contributed by atoms with van der Waals surface area (Å²) in [6, 6.07) is 15.9. The molecule has 0 saturated heterocycles. The number of amides is 1. The van der Waals surface area contributed by atoms with Crippen LogP contribution in [0.2, 0.25) is 0 Å². The molecule has 0 heterocycles. The molecule has 2 aromatic rings. The molecule has 0 atom stereocenters. The Morgan fingerprint density at radius 3 is 2.43 bits per heavy atom. The standard InChI is InChI=1S/C33H39NO/c1-5-24-12-19-32(26(6-2)21-24)31-18-17-29-22-28(15-16-30(29)23-31)27-13-10-25(11-14-27)9-8-20-34(4)33(35)7-3/h7,10-11,13-16,21-23H,3,5-6,8-9,12,17-20H2,1-2,4H3. The maximum Gasteiger partial charge on any atom is 0.245 e. The van der Waals surface area contributed by atoms with Gasteiger partial charge in [0.1, 0.15) is 0 Å². The van der Waals surface area contributed by atoms with Crippen molar-refractivity contribution >= 4 is 12.0 Å². The van der Waals surface area contributed by atoms with E-state index >= 15 is 0 Å². The summed E-state index contributed by atoms with van der Waals surface area (Å²) in [6.07, 6.45) is 15.2. The van der Waals surface area contributed by atoms with Gasteiger partial charge in [-0.1, -0.05) is 80.6 Å². The number of carbonyl (C=O) groups is 1. The van der Waals surface area contributed by atoms with Gasteiger partial charge in [0, 0.05) is 13.6 Å². The highest BCUT2D eigenvalue weighted by Crippen LogP contribution is 2.38. The zero-order valence-corrected chi connectivity index (χ0v) is 21.7. The van der Waals surface area contributed by atoms with Gasteiger partial charge in [0.05, 0.1) is 0 Å². The van der Waals surface area contributed by atoms with E-state index in [0.29, 0.717) is 0 Å². The first-order valence-electron chi connectivity index (χ1n) is 13.2. The summed E-state index contributed by atoms with van der Waals surface area (Å²) in [6.45, 7) is 8.87. The number of allylic oxidation sites excluding steroid dienone is 5. The third kappa shape index (κ3) is 5.93. The van der Waals surface area contributed by atoms with Crippen LogP contribution in [0.5, 0.6) is 0 Å². The fourth-order valence-corrected chi connectivity index (χ4v) is 5.37. The first-order chi connectivity index (χ1) is 17.0. The summed E-state index contributed by atoms with van der Waals surface area (Å²) in [5.41, 5.74) is 13.0. The minimum atomic E-state index is -0.0153. The maximum absolute atomic E-state index is 11.6. The van der Waals surface area contributed by atoms with Gasteiger partial charge in [-0.3, -0.25) is 4.79 Å². The smallest absolute Gasteiger partial charge is 0.245 e. The lowest BCUT2D eigenvalue weighted by molar-refractivity contribution is -0.124. The van der Waals surface area contributed by atoms with Gasteiger partial charge in [-0.2, -0.15) is 0 Å². The number of likely N-dealkylation sites (N-methyl/N-ethyl adjacent to an activating group) is 1. The van der Waals surface area contributed by atoms with Gasteiger partial charge in [0.15, 0.2) is 0 Å². The van der Waals surface area contributed by atoms with E-state index in [1.807, 2.05) is 7.05 Å². The lowest BCUT2D eigenvalue weighted by atomic mass is 9.80. The second-order valence-electron chi connectivity index (χ2n) is 9.86. The molecule has 2 aromatic carbocycles. The molecule has 0 saturated carbocycles. The maximum atomic E-state index is 11.6. The Bertz CT molecular complexity index is 1180. The van der Waals surface area contributed by atoms with Gasteiger partial charge in [-0.15, -0.1) is 0 Å². The number of aryl methyl sites for hydroxylation is 2. The molecular formula is C33H39NO. The molecule has 0 fully saturated rings. The molecule has 4 rings (SSSR count). The Hall–Kier alpha value is -3.13. The van der Waals surface area contributed by atoms with Crippen LogP contribution >= 0.6 is 0 Å². The van der Waals surface area contributed by atoms with Crippen molar-refractivity contribution in [1.82, 2.24) is 4.90 Å². The van der Waals surface area contributed by atoms with Crippen molar-refractivity contribution in [3.8, 4) is 11.1 Å². The number of rotatable bonds is 9. The highest BCUT2D eigenvalue weighted by molar-refractivity contribution is 5.86. The predicted octanol–water partition coefficient (Wildman–Crippen LogP) is 8.10. The summed E-state index contributed by atoms with van der Waals surface area (Å²) >= 11 is 0. The van der Waals surface area contributed by atoms with Crippen molar-refractivity contribution in [1.29, 1.82) is 0 Å². The lowest BCUT2D eigenvalue weighted by Crippen LogP contribution is -2.25. The summed E-state index contributed by atoms with van der Waals surface area (Å²) < 4.78 is 0. The van der Waals surface area contributed by atoms with Crippen molar-refractivity contribution in [2.75, 3.05) is 13.6 Å². The van der Waals surface area contributed by atoms with Crippen molar-refractivity contribution < 1.29 is 4.79 Å². The summed E-state index contributed by atoms with van der Waals surface area (Å²) in [4.78, 5) is 13.3. The Kier molecular flexibility index (Phi) is 8.23. The molecule has 0 N–H and O–H groups in total. The zero-order valence-electron chi connectivity index (χ0n) is 21.7. The van der Waals surface area contributed by atoms with E-state index in [1.54, 1.807) is 27.2 Å². The van der Waals surface area contributed by atoms with E-state index in [4.69, 9.17) is 0 Å². The molecule has 0 unspecified atom stereocenters. The van der Waals surface area contributed by atoms with Crippen molar-refractivity contribution in [2.24, 2.45) is 0 Å². The Labute approximate surface area is 211 Å². The molecule has 35 heavy (non-hydrogen) atoms. The lowest BCUT2D eigenvalue weighted by Gasteiger charge is -2.25. The van der Waals surface area contributed by atoms with E-state index in [-0.39, 0.29) is 5.91 Å². The van der Waals surface area contributed by atoms with Crippen LogP contribution in [0.1, 0.15) is 69.1 Å². The number of hydrogen-bond donors (Lipinski definition) is 0. The van der Waals surface area contributed by atoms with Crippen LogP contribution in [0.15, 0.2) is 83.5 Å².